The van der Waals surface area contributed by atoms with Crippen molar-refractivity contribution in [2.75, 3.05) is 20.1 Å². The Bertz CT molecular complexity index is 697. The van der Waals surface area contributed by atoms with Gasteiger partial charge in [0.25, 0.3) is 0 Å². The Morgan fingerprint density at radius 2 is 2.19 bits per heavy atom. The second kappa shape index (κ2) is 9.69. The second-order valence-electron chi connectivity index (χ2n) is 6.72. The number of rotatable bonds is 6. The number of aliphatic imine (C=N–C) groups is 1. The van der Waals surface area contributed by atoms with E-state index in [1.807, 2.05) is 7.05 Å². The number of hydrogen-bond acceptors (Lipinski definition) is 4. The number of likely N-dealkylation sites (tertiary alicyclic amines) is 1. The Morgan fingerprint density at radius 1 is 1.35 bits per heavy atom. The molecule has 5 nitrogen and oxygen atoms in total. The number of aromatic nitrogens is 1. The summed E-state index contributed by atoms with van der Waals surface area (Å²) in [6.45, 7) is 6.09. The zero-order valence-corrected chi connectivity index (χ0v) is 16.6. The minimum atomic E-state index is 0.431. The summed E-state index contributed by atoms with van der Waals surface area (Å²) in [6, 6.07) is 11.1. The molecule has 1 saturated heterocycles. The van der Waals surface area contributed by atoms with E-state index in [0.29, 0.717) is 6.04 Å². The molecule has 140 valence electrons. The van der Waals surface area contributed by atoms with Crippen LogP contribution in [0.5, 0.6) is 0 Å². The van der Waals surface area contributed by atoms with Crippen molar-refractivity contribution in [3.8, 4) is 0 Å². The largest absolute Gasteiger partial charge is 0.352 e. The zero-order chi connectivity index (χ0) is 18.2. The second-order valence-corrected chi connectivity index (χ2v) is 7.66. The zero-order valence-electron chi connectivity index (χ0n) is 15.7. The summed E-state index contributed by atoms with van der Waals surface area (Å²) in [6.07, 6.45) is 3.40. The van der Waals surface area contributed by atoms with E-state index in [0.717, 1.165) is 44.3 Å². The maximum Gasteiger partial charge on any atom is 0.191 e. The molecule has 0 saturated carbocycles. The Balaban J connectivity index is 1.48. The van der Waals surface area contributed by atoms with Crippen LogP contribution in [0.1, 0.15) is 36.0 Å². The number of nitrogens with zero attached hydrogens (tertiary/aromatic N) is 3. The first-order chi connectivity index (χ1) is 12.8. The van der Waals surface area contributed by atoms with Gasteiger partial charge in [-0.25, -0.2) is 4.98 Å². The number of guanidine groups is 1. The van der Waals surface area contributed by atoms with Gasteiger partial charge < -0.3 is 10.6 Å². The van der Waals surface area contributed by atoms with Crippen molar-refractivity contribution < 1.29 is 0 Å². The van der Waals surface area contributed by atoms with Crippen molar-refractivity contribution in [2.45, 2.75) is 45.3 Å². The lowest BCUT2D eigenvalue weighted by Crippen LogP contribution is -2.50. The highest BCUT2D eigenvalue weighted by Crippen LogP contribution is 2.14. The maximum absolute atomic E-state index is 4.61. The first-order valence-corrected chi connectivity index (χ1v) is 10.3. The molecule has 2 aromatic rings. The van der Waals surface area contributed by atoms with Crippen molar-refractivity contribution in [2.24, 2.45) is 4.99 Å². The van der Waals surface area contributed by atoms with Gasteiger partial charge in [-0.1, -0.05) is 37.3 Å². The number of piperidine rings is 1. The fraction of sp³-hybridized carbons (Fsp3) is 0.500. The van der Waals surface area contributed by atoms with Crippen molar-refractivity contribution in [1.82, 2.24) is 20.5 Å². The molecule has 0 spiro atoms. The lowest BCUT2D eigenvalue weighted by atomic mass is 10.0. The van der Waals surface area contributed by atoms with E-state index in [1.165, 1.54) is 23.4 Å². The van der Waals surface area contributed by atoms with Gasteiger partial charge in [0.1, 0.15) is 0 Å². The highest BCUT2D eigenvalue weighted by Gasteiger charge is 2.20. The average molecular weight is 372 g/mol. The van der Waals surface area contributed by atoms with Crippen molar-refractivity contribution in [3.63, 3.8) is 0 Å². The Morgan fingerprint density at radius 3 is 2.92 bits per heavy atom. The molecule has 0 amide bonds. The van der Waals surface area contributed by atoms with Gasteiger partial charge in [-0.3, -0.25) is 9.89 Å². The van der Waals surface area contributed by atoms with Gasteiger partial charge in [-0.15, -0.1) is 11.3 Å². The third-order valence-corrected chi connectivity index (χ3v) is 5.70. The number of hydrogen-bond donors (Lipinski definition) is 2. The molecule has 0 radical (unpaired) electrons. The molecule has 1 unspecified atom stereocenters. The number of benzene rings is 1. The molecular weight excluding hydrogens is 342 g/mol. The van der Waals surface area contributed by atoms with Crippen LogP contribution in [0.2, 0.25) is 0 Å². The molecule has 1 fully saturated rings. The Kier molecular flexibility index (Phi) is 7.03. The highest BCUT2D eigenvalue weighted by molar-refractivity contribution is 7.09. The summed E-state index contributed by atoms with van der Waals surface area (Å²) in [5.74, 6) is 0.864. The molecule has 1 aliphatic heterocycles. The van der Waals surface area contributed by atoms with Gasteiger partial charge in [0.2, 0.25) is 0 Å². The van der Waals surface area contributed by atoms with Gasteiger partial charge in [-0.2, -0.15) is 0 Å². The van der Waals surface area contributed by atoms with E-state index in [4.69, 9.17) is 0 Å². The third kappa shape index (κ3) is 5.54. The molecular formula is C20H29N5S. The summed E-state index contributed by atoms with van der Waals surface area (Å²) in [4.78, 5) is 11.5. The van der Waals surface area contributed by atoms with Crippen LogP contribution in [0.15, 0.2) is 40.7 Å². The van der Waals surface area contributed by atoms with Crippen LogP contribution in [-0.4, -0.2) is 42.0 Å². The van der Waals surface area contributed by atoms with Gasteiger partial charge in [-0.05, 0) is 31.4 Å². The van der Waals surface area contributed by atoms with Crippen molar-refractivity contribution in [1.29, 1.82) is 0 Å². The fourth-order valence-electron chi connectivity index (χ4n) is 3.31. The van der Waals surface area contributed by atoms with Crippen LogP contribution in [0.25, 0.3) is 0 Å². The predicted molar refractivity (Wildman–Crippen MR) is 110 cm³/mol. The molecule has 0 bridgehead atoms. The number of nitrogens with one attached hydrogen (secondary N) is 2. The highest BCUT2D eigenvalue weighted by atomic mass is 32.1. The first-order valence-electron chi connectivity index (χ1n) is 9.43. The first kappa shape index (κ1) is 18.9. The molecule has 3 rings (SSSR count). The van der Waals surface area contributed by atoms with Gasteiger partial charge in [0.15, 0.2) is 5.96 Å². The van der Waals surface area contributed by atoms with Crippen LogP contribution >= 0.6 is 11.3 Å². The Labute approximate surface area is 160 Å². The normalized spacial score (nSPS) is 18.7. The number of thiazole rings is 1. The lowest BCUT2D eigenvalue weighted by Gasteiger charge is -2.34. The molecule has 1 aromatic carbocycles. The van der Waals surface area contributed by atoms with E-state index in [1.54, 1.807) is 11.3 Å². The van der Waals surface area contributed by atoms with E-state index >= 15 is 0 Å². The summed E-state index contributed by atoms with van der Waals surface area (Å²) in [7, 11) is 1.83. The minimum Gasteiger partial charge on any atom is -0.352 e. The SMILES string of the molecule is CCc1nc(CNC(=NC)NC2CCCN(Cc3ccccc3)C2)cs1. The lowest BCUT2D eigenvalue weighted by molar-refractivity contribution is 0.192. The van der Waals surface area contributed by atoms with Crippen molar-refractivity contribution in [3.05, 3.63) is 52.0 Å². The summed E-state index contributed by atoms with van der Waals surface area (Å²) >= 11 is 1.73. The van der Waals surface area contributed by atoms with E-state index in [-0.39, 0.29) is 0 Å². The standard InChI is InChI=1S/C20H29N5S/c1-3-19-23-18(15-26-19)12-22-20(21-2)24-17-10-7-11-25(14-17)13-16-8-5-4-6-9-16/h4-6,8-9,15,17H,3,7,10-14H2,1-2H3,(H2,21,22,24). The van der Waals surface area contributed by atoms with Crippen LogP contribution in [0.4, 0.5) is 0 Å². The third-order valence-electron chi connectivity index (χ3n) is 4.66. The molecule has 1 aromatic heterocycles. The molecule has 6 heteroatoms. The fourth-order valence-corrected chi connectivity index (χ4v) is 4.06. The molecule has 0 aliphatic carbocycles. The smallest absolute Gasteiger partial charge is 0.191 e. The van der Waals surface area contributed by atoms with Crippen LogP contribution in [0.3, 0.4) is 0 Å². The maximum atomic E-state index is 4.61. The molecule has 2 heterocycles. The molecule has 26 heavy (non-hydrogen) atoms. The van der Waals surface area contributed by atoms with E-state index in [9.17, 15) is 0 Å². The topological polar surface area (TPSA) is 52.6 Å². The predicted octanol–water partition coefficient (Wildman–Crippen LogP) is 3.04. The van der Waals surface area contributed by atoms with Crippen LogP contribution < -0.4 is 10.6 Å². The van der Waals surface area contributed by atoms with E-state index in [2.05, 4.69) is 68.1 Å². The quantitative estimate of drug-likeness (QED) is 0.605. The van der Waals surface area contributed by atoms with Crippen LogP contribution in [0, 0.1) is 0 Å². The molecule has 2 N–H and O–H groups in total. The summed E-state index contributed by atoms with van der Waals surface area (Å²) < 4.78 is 0. The Hall–Kier alpha value is -1.92. The van der Waals surface area contributed by atoms with Gasteiger partial charge in [0.05, 0.1) is 17.2 Å². The molecule has 1 atom stereocenters. The average Bonchev–Trinajstić information content (AvgIpc) is 3.14. The molecule has 1 aliphatic rings. The van der Waals surface area contributed by atoms with Gasteiger partial charge >= 0.3 is 0 Å². The summed E-state index contributed by atoms with van der Waals surface area (Å²) in [5, 5.41) is 10.3. The van der Waals surface area contributed by atoms with E-state index < -0.39 is 0 Å². The van der Waals surface area contributed by atoms with Crippen LogP contribution in [-0.2, 0) is 19.5 Å². The number of aryl methyl sites for hydroxylation is 1. The van der Waals surface area contributed by atoms with Crippen molar-refractivity contribution >= 4 is 17.3 Å². The van der Waals surface area contributed by atoms with Gasteiger partial charge in [0, 0.05) is 31.6 Å². The summed E-state index contributed by atoms with van der Waals surface area (Å²) in [5.41, 5.74) is 2.47. The monoisotopic (exact) mass is 371 g/mol. The minimum absolute atomic E-state index is 0.431.